The highest BCUT2D eigenvalue weighted by atomic mass is 32.1. The zero-order valence-electron chi connectivity index (χ0n) is 15.4. The molecule has 2 amide bonds. The van der Waals surface area contributed by atoms with Gasteiger partial charge >= 0.3 is 5.97 Å². The number of hydrogen-bond acceptors (Lipinski definition) is 5. The van der Waals surface area contributed by atoms with E-state index in [-0.39, 0.29) is 30.7 Å². The zero-order valence-corrected chi connectivity index (χ0v) is 16.2. The van der Waals surface area contributed by atoms with Crippen molar-refractivity contribution in [3.63, 3.8) is 0 Å². The topological polar surface area (TPSA) is 84.5 Å². The Labute approximate surface area is 166 Å². The molecule has 0 fully saturated rings. The fourth-order valence-corrected chi connectivity index (χ4v) is 3.57. The van der Waals surface area contributed by atoms with Gasteiger partial charge in [0.2, 0.25) is 5.91 Å². The molecule has 3 aromatic rings. The Bertz CT molecular complexity index is 998. The summed E-state index contributed by atoms with van der Waals surface area (Å²) in [5.41, 5.74) is 1.20. The van der Waals surface area contributed by atoms with Crippen molar-refractivity contribution >= 4 is 44.9 Å². The summed E-state index contributed by atoms with van der Waals surface area (Å²) < 4.78 is 5.96. The molecule has 28 heavy (non-hydrogen) atoms. The maximum Gasteiger partial charge on any atom is 0.348 e. The number of thiophene rings is 1. The van der Waals surface area contributed by atoms with Gasteiger partial charge in [-0.25, -0.2) is 4.79 Å². The fraction of sp³-hybridized carbons (Fsp3) is 0.190. The number of anilines is 1. The minimum absolute atomic E-state index is 0.161. The first kappa shape index (κ1) is 19.6. The zero-order chi connectivity index (χ0) is 19.9. The lowest BCUT2D eigenvalue weighted by Gasteiger charge is -2.07. The van der Waals surface area contributed by atoms with Crippen LogP contribution in [0.2, 0.25) is 0 Å². The van der Waals surface area contributed by atoms with Crippen LogP contribution in [0.15, 0.2) is 54.6 Å². The molecule has 1 heterocycles. The van der Waals surface area contributed by atoms with Crippen LogP contribution >= 0.6 is 11.3 Å². The quantitative estimate of drug-likeness (QED) is 0.595. The van der Waals surface area contributed by atoms with E-state index in [4.69, 9.17) is 4.74 Å². The van der Waals surface area contributed by atoms with E-state index in [9.17, 15) is 14.4 Å². The van der Waals surface area contributed by atoms with Crippen LogP contribution < -0.4 is 10.6 Å². The molecule has 2 aromatic carbocycles. The average molecular weight is 396 g/mol. The Morgan fingerprint density at radius 3 is 2.57 bits per heavy atom. The average Bonchev–Trinajstić information content (AvgIpc) is 3.12. The molecule has 1 aromatic heterocycles. The highest BCUT2D eigenvalue weighted by molar-refractivity contribution is 7.20. The summed E-state index contributed by atoms with van der Waals surface area (Å²) in [5, 5.41) is 6.40. The van der Waals surface area contributed by atoms with Crippen molar-refractivity contribution in [1.82, 2.24) is 5.32 Å². The van der Waals surface area contributed by atoms with Crippen LogP contribution in [-0.4, -0.2) is 30.9 Å². The van der Waals surface area contributed by atoms with Crippen molar-refractivity contribution in [1.29, 1.82) is 0 Å². The Morgan fingerprint density at radius 2 is 1.82 bits per heavy atom. The van der Waals surface area contributed by atoms with E-state index in [2.05, 4.69) is 10.6 Å². The van der Waals surface area contributed by atoms with E-state index in [0.29, 0.717) is 22.7 Å². The van der Waals surface area contributed by atoms with Crippen LogP contribution in [0.25, 0.3) is 10.1 Å². The standard InChI is InChI=1S/C21H20N2O4S/c1-2-27-21(26)18-13-15-12-16(8-9-17(15)28-18)23-19(24)10-11-22-20(25)14-6-4-3-5-7-14/h3-9,12-13H,2,10-11H2,1H3,(H,22,25)(H,23,24). The van der Waals surface area contributed by atoms with E-state index in [0.717, 1.165) is 10.1 Å². The first-order valence-corrected chi connectivity index (χ1v) is 9.72. The van der Waals surface area contributed by atoms with Gasteiger partial charge in [0.1, 0.15) is 4.88 Å². The molecule has 144 valence electrons. The number of carbonyl (C=O) groups is 3. The van der Waals surface area contributed by atoms with Crippen LogP contribution in [-0.2, 0) is 9.53 Å². The molecule has 6 nitrogen and oxygen atoms in total. The normalized spacial score (nSPS) is 10.5. The molecule has 0 saturated carbocycles. The summed E-state index contributed by atoms with van der Waals surface area (Å²) in [4.78, 5) is 36.5. The summed E-state index contributed by atoms with van der Waals surface area (Å²) in [5.74, 6) is -0.753. The van der Waals surface area contributed by atoms with Gasteiger partial charge in [0, 0.05) is 28.9 Å². The molecule has 0 radical (unpaired) electrons. The molecular formula is C21H20N2O4S. The van der Waals surface area contributed by atoms with Crippen LogP contribution in [0.5, 0.6) is 0 Å². The molecule has 0 aliphatic heterocycles. The second-order valence-corrected chi connectivity index (χ2v) is 7.09. The minimum Gasteiger partial charge on any atom is -0.462 e. The second-order valence-electron chi connectivity index (χ2n) is 6.00. The van der Waals surface area contributed by atoms with Crippen molar-refractivity contribution in [3.8, 4) is 0 Å². The lowest BCUT2D eigenvalue weighted by molar-refractivity contribution is -0.116. The number of carbonyl (C=O) groups excluding carboxylic acids is 3. The van der Waals surface area contributed by atoms with Gasteiger partial charge in [0.15, 0.2) is 0 Å². The number of fused-ring (bicyclic) bond motifs is 1. The van der Waals surface area contributed by atoms with Crippen molar-refractivity contribution in [2.75, 3.05) is 18.5 Å². The highest BCUT2D eigenvalue weighted by Crippen LogP contribution is 2.28. The van der Waals surface area contributed by atoms with Crippen molar-refractivity contribution in [2.24, 2.45) is 0 Å². The second kappa shape index (κ2) is 9.14. The van der Waals surface area contributed by atoms with Gasteiger partial charge in [-0.3, -0.25) is 9.59 Å². The lowest BCUT2D eigenvalue weighted by atomic mass is 10.2. The third-order valence-corrected chi connectivity index (χ3v) is 5.05. The van der Waals surface area contributed by atoms with E-state index in [1.54, 1.807) is 43.3 Å². The smallest absolute Gasteiger partial charge is 0.348 e. The van der Waals surface area contributed by atoms with Crippen LogP contribution in [0.3, 0.4) is 0 Å². The summed E-state index contributed by atoms with van der Waals surface area (Å²) in [6, 6.07) is 16.1. The van der Waals surface area contributed by atoms with Gasteiger partial charge in [-0.05, 0) is 48.7 Å². The number of amides is 2. The predicted octanol–water partition coefficient (Wildman–Crippen LogP) is 3.84. The summed E-state index contributed by atoms with van der Waals surface area (Å²) in [6.07, 6.45) is 0.161. The minimum atomic E-state index is -0.344. The molecule has 7 heteroatoms. The molecule has 0 aliphatic rings. The number of nitrogens with one attached hydrogen (secondary N) is 2. The van der Waals surface area contributed by atoms with Gasteiger partial charge in [-0.15, -0.1) is 11.3 Å². The first-order chi connectivity index (χ1) is 13.6. The molecule has 3 rings (SSSR count). The van der Waals surface area contributed by atoms with Crippen molar-refractivity contribution in [3.05, 3.63) is 65.0 Å². The SMILES string of the molecule is CCOC(=O)c1cc2cc(NC(=O)CCNC(=O)c3ccccc3)ccc2s1. The molecule has 0 saturated heterocycles. The Hall–Kier alpha value is -3.19. The van der Waals surface area contributed by atoms with Gasteiger partial charge in [0.25, 0.3) is 5.91 Å². The Kier molecular flexibility index (Phi) is 6.39. The van der Waals surface area contributed by atoms with Crippen LogP contribution in [0, 0.1) is 0 Å². The van der Waals surface area contributed by atoms with Crippen LogP contribution in [0.1, 0.15) is 33.4 Å². The Balaban J connectivity index is 1.54. The number of rotatable bonds is 7. The Morgan fingerprint density at radius 1 is 1.04 bits per heavy atom. The molecular weight excluding hydrogens is 376 g/mol. The molecule has 0 unspecified atom stereocenters. The third-order valence-electron chi connectivity index (χ3n) is 3.95. The summed E-state index contributed by atoms with van der Waals surface area (Å²) in [6.45, 7) is 2.34. The first-order valence-electron chi connectivity index (χ1n) is 8.90. The molecule has 0 aliphatic carbocycles. The van der Waals surface area contributed by atoms with E-state index >= 15 is 0 Å². The lowest BCUT2D eigenvalue weighted by Crippen LogP contribution is -2.27. The molecule has 0 bridgehead atoms. The predicted molar refractivity (Wildman–Crippen MR) is 110 cm³/mol. The van der Waals surface area contributed by atoms with Gasteiger partial charge in [-0.2, -0.15) is 0 Å². The monoisotopic (exact) mass is 396 g/mol. The summed E-state index contributed by atoms with van der Waals surface area (Å²) >= 11 is 1.35. The fourth-order valence-electron chi connectivity index (χ4n) is 2.63. The van der Waals surface area contributed by atoms with Crippen molar-refractivity contribution in [2.45, 2.75) is 13.3 Å². The van der Waals surface area contributed by atoms with Gasteiger partial charge in [0.05, 0.1) is 6.61 Å². The number of hydrogen-bond donors (Lipinski definition) is 2. The van der Waals surface area contributed by atoms with E-state index in [1.165, 1.54) is 11.3 Å². The molecule has 2 N–H and O–H groups in total. The maximum atomic E-state index is 12.1. The molecule has 0 spiro atoms. The number of benzene rings is 2. The maximum absolute atomic E-state index is 12.1. The number of esters is 1. The third kappa shape index (κ3) is 4.95. The van der Waals surface area contributed by atoms with Gasteiger partial charge in [-0.1, -0.05) is 18.2 Å². The highest BCUT2D eigenvalue weighted by Gasteiger charge is 2.12. The van der Waals surface area contributed by atoms with Crippen LogP contribution in [0.4, 0.5) is 5.69 Å². The molecule has 0 atom stereocenters. The summed E-state index contributed by atoms with van der Waals surface area (Å²) in [7, 11) is 0. The van der Waals surface area contributed by atoms with Gasteiger partial charge < -0.3 is 15.4 Å². The number of ether oxygens (including phenoxy) is 1. The van der Waals surface area contributed by atoms with E-state index in [1.807, 2.05) is 18.2 Å². The van der Waals surface area contributed by atoms with Crippen molar-refractivity contribution < 1.29 is 19.1 Å². The van der Waals surface area contributed by atoms with E-state index < -0.39 is 0 Å². The largest absolute Gasteiger partial charge is 0.462 e.